The van der Waals surface area contributed by atoms with Gasteiger partial charge in [-0.1, -0.05) is 59.6 Å². The van der Waals surface area contributed by atoms with E-state index >= 15 is 0 Å². The molecule has 0 spiro atoms. The van der Waals surface area contributed by atoms with Crippen molar-refractivity contribution in [1.29, 1.82) is 0 Å². The SMILES string of the molecule is CC(NS(=O)(=O)c1ccc(OCC(=O)NCc2ccc(Cl)cc2Cl)cc1)c1ccccc1. The van der Waals surface area contributed by atoms with Gasteiger partial charge in [-0.3, -0.25) is 4.79 Å². The maximum Gasteiger partial charge on any atom is 0.258 e. The fraction of sp³-hybridized carbons (Fsp3) is 0.174. The highest BCUT2D eigenvalue weighted by Gasteiger charge is 2.18. The van der Waals surface area contributed by atoms with Gasteiger partial charge in [0, 0.05) is 22.6 Å². The van der Waals surface area contributed by atoms with Crippen LogP contribution in [0.25, 0.3) is 0 Å². The van der Waals surface area contributed by atoms with E-state index in [1.807, 2.05) is 30.3 Å². The molecule has 168 valence electrons. The van der Waals surface area contributed by atoms with Gasteiger partial charge in [0.15, 0.2) is 6.61 Å². The van der Waals surface area contributed by atoms with E-state index in [4.69, 9.17) is 27.9 Å². The summed E-state index contributed by atoms with van der Waals surface area (Å²) in [5, 5.41) is 3.69. The normalized spacial score (nSPS) is 12.2. The molecule has 1 atom stereocenters. The molecule has 9 heteroatoms. The molecule has 0 saturated carbocycles. The third-order valence-electron chi connectivity index (χ3n) is 4.63. The molecule has 1 unspecified atom stereocenters. The van der Waals surface area contributed by atoms with Crippen molar-refractivity contribution in [2.24, 2.45) is 0 Å². The summed E-state index contributed by atoms with van der Waals surface area (Å²) in [5.41, 5.74) is 1.60. The Hall–Kier alpha value is -2.58. The van der Waals surface area contributed by atoms with Crippen LogP contribution in [-0.4, -0.2) is 20.9 Å². The molecular formula is C23H22Cl2N2O4S. The molecule has 32 heavy (non-hydrogen) atoms. The number of hydrogen-bond donors (Lipinski definition) is 2. The molecule has 0 aromatic heterocycles. The summed E-state index contributed by atoms with van der Waals surface area (Å²) in [7, 11) is -3.71. The highest BCUT2D eigenvalue weighted by Crippen LogP contribution is 2.21. The Bertz CT molecular complexity index is 1170. The number of sulfonamides is 1. The number of carbonyl (C=O) groups is 1. The molecule has 3 aromatic carbocycles. The van der Waals surface area contributed by atoms with Crippen LogP contribution >= 0.6 is 23.2 Å². The first kappa shape index (κ1) is 24.1. The van der Waals surface area contributed by atoms with Gasteiger partial charge in [-0.05, 0) is 54.4 Å². The second kappa shape index (κ2) is 10.8. The van der Waals surface area contributed by atoms with E-state index in [9.17, 15) is 13.2 Å². The van der Waals surface area contributed by atoms with E-state index in [0.717, 1.165) is 11.1 Å². The Morgan fingerprint density at radius 3 is 2.34 bits per heavy atom. The Labute approximate surface area is 197 Å². The lowest BCUT2D eigenvalue weighted by Gasteiger charge is -2.15. The zero-order valence-electron chi connectivity index (χ0n) is 17.2. The number of halogens is 2. The highest BCUT2D eigenvalue weighted by atomic mass is 35.5. The molecule has 1 amide bonds. The summed E-state index contributed by atoms with van der Waals surface area (Å²) in [6.07, 6.45) is 0. The van der Waals surface area contributed by atoms with Gasteiger partial charge in [-0.15, -0.1) is 0 Å². The quantitative estimate of drug-likeness (QED) is 0.452. The van der Waals surface area contributed by atoms with E-state index < -0.39 is 10.0 Å². The number of benzene rings is 3. The molecule has 0 saturated heterocycles. The van der Waals surface area contributed by atoms with Crippen LogP contribution in [0.3, 0.4) is 0 Å². The number of carbonyl (C=O) groups excluding carboxylic acids is 1. The molecule has 0 aliphatic heterocycles. The van der Waals surface area contributed by atoms with Gasteiger partial charge < -0.3 is 10.1 Å². The zero-order valence-corrected chi connectivity index (χ0v) is 19.5. The lowest BCUT2D eigenvalue weighted by atomic mass is 10.1. The Balaban J connectivity index is 1.52. The largest absolute Gasteiger partial charge is 0.484 e. The Kier molecular flexibility index (Phi) is 8.15. The van der Waals surface area contributed by atoms with E-state index in [0.29, 0.717) is 15.8 Å². The molecule has 0 aliphatic carbocycles. The molecule has 0 bridgehead atoms. The van der Waals surface area contributed by atoms with Gasteiger partial charge in [0.1, 0.15) is 5.75 Å². The summed E-state index contributed by atoms with van der Waals surface area (Å²) in [4.78, 5) is 12.1. The molecule has 0 radical (unpaired) electrons. The van der Waals surface area contributed by atoms with Crippen LogP contribution in [0.5, 0.6) is 5.75 Å². The second-order valence-electron chi connectivity index (χ2n) is 7.03. The Morgan fingerprint density at radius 2 is 1.69 bits per heavy atom. The van der Waals surface area contributed by atoms with Gasteiger partial charge in [-0.25, -0.2) is 13.1 Å². The van der Waals surface area contributed by atoms with Crippen molar-refractivity contribution < 1.29 is 17.9 Å². The molecule has 0 aliphatic rings. The van der Waals surface area contributed by atoms with Crippen molar-refractivity contribution in [2.75, 3.05) is 6.61 Å². The van der Waals surface area contributed by atoms with Crippen LogP contribution in [0, 0.1) is 0 Å². The van der Waals surface area contributed by atoms with Gasteiger partial charge in [0.2, 0.25) is 10.0 Å². The van der Waals surface area contributed by atoms with Crippen LogP contribution in [0.15, 0.2) is 77.7 Å². The number of amides is 1. The first-order valence-electron chi connectivity index (χ1n) is 9.75. The average Bonchev–Trinajstić information content (AvgIpc) is 2.77. The molecule has 2 N–H and O–H groups in total. The maximum atomic E-state index is 12.6. The number of rotatable bonds is 9. The minimum atomic E-state index is -3.71. The minimum absolute atomic E-state index is 0.106. The van der Waals surface area contributed by atoms with Gasteiger partial charge in [0.25, 0.3) is 5.91 Å². The fourth-order valence-electron chi connectivity index (χ4n) is 2.88. The molecule has 0 fully saturated rings. The molecule has 3 aromatic rings. The first-order chi connectivity index (χ1) is 15.2. The van der Waals surface area contributed by atoms with E-state index in [-0.39, 0.29) is 30.0 Å². The highest BCUT2D eigenvalue weighted by molar-refractivity contribution is 7.89. The van der Waals surface area contributed by atoms with Crippen molar-refractivity contribution >= 4 is 39.1 Å². The molecule has 0 heterocycles. The van der Waals surface area contributed by atoms with Crippen molar-refractivity contribution in [3.63, 3.8) is 0 Å². The van der Waals surface area contributed by atoms with Crippen molar-refractivity contribution in [3.05, 3.63) is 94.0 Å². The average molecular weight is 493 g/mol. The van der Waals surface area contributed by atoms with Crippen LogP contribution in [0.1, 0.15) is 24.1 Å². The van der Waals surface area contributed by atoms with Crippen molar-refractivity contribution in [2.45, 2.75) is 24.4 Å². The number of ether oxygens (including phenoxy) is 1. The zero-order chi connectivity index (χ0) is 23.1. The van der Waals surface area contributed by atoms with Crippen molar-refractivity contribution in [1.82, 2.24) is 10.0 Å². The minimum Gasteiger partial charge on any atom is -0.484 e. The standard InChI is InChI=1S/C23H22Cl2N2O4S/c1-16(17-5-3-2-4-6-17)27-32(29,30)21-11-9-20(10-12-21)31-15-23(28)26-14-18-7-8-19(24)13-22(18)25/h2-13,16,27H,14-15H2,1H3,(H,26,28). The molecular weight excluding hydrogens is 471 g/mol. The third-order valence-corrected chi connectivity index (χ3v) is 6.77. The summed E-state index contributed by atoms with van der Waals surface area (Å²) in [6, 6.07) is 19.8. The van der Waals surface area contributed by atoms with E-state index in [1.54, 1.807) is 25.1 Å². The van der Waals surface area contributed by atoms with E-state index in [2.05, 4.69) is 10.0 Å². The van der Waals surface area contributed by atoms with E-state index in [1.165, 1.54) is 24.3 Å². The number of nitrogens with one attached hydrogen (secondary N) is 2. The molecule has 6 nitrogen and oxygen atoms in total. The maximum absolute atomic E-state index is 12.6. The van der Waals surface area contributed by atoms with Gasteiger partial charge in [0.05, 0.1) is 4.90 Å². The van der Waals surface area contributed by atoms with Crippen LogP contribution in [-0.2, 0) is 21.4 Å². The monoisotopic (exact) mass is 492 g/mol. The topological polar surface area (TPSA) is 84.5 Å². The lowest BCUT2D eigenvalue weighted by Crippen LogP contribution is -2.28. The Morgan fingerprint density at radius 1 is 1.00 bits per heavy atom. The first-order valence-corrected chi connectivity index (χ1v) is 12.0. The van der Waals surface area contributed by atoms with Crippen LogP contribution in [0.2, 0.25) is 10.0 Å². The fourth-order valence-corrected chi connectivity index (χ4v) is 4.59. The summed E-state index contributed by atoms with van der Waals surface area (Å²) >= 11 is 11.9. The second-order valence-corrected chi connectivity index (χ2v) is 9.58. The van der Waals surface area contributed by atoms with Crippen molar-refractivity contribution in [3.8, 4) is 5.75 Å². The predicted molar refractivity (Wildman–Crippen MR) is 125 cm³/mol. The third kappa shape index (κ3) is 6.71. The van der Waals surface area contributed by atoms with Gasteiger partial charge >= 0.3 is 0 Å². The summed E-state index contributed by atoms with van der Waals surface area (Å²) < 4.78 is 33.3. The summed E-state index contributed by atoms with van der Waals surface area (Å²) in [5.74, 6) is 0.0331. The summed E-state index contributed by atoms with van der Waals surface area (Å²) in [6.45, 7) is 1.79. The molecule has 3 rings (SSSR count). The van der Waals surface area contributed by atoms with Crippen LogP contribution in [0.4, 0.5) is 0 Å². The lowest BCUT2D eigenvalue weighted by molar-refractivity contribution is -0.123. The number of hydrogen-bond acceptors (Lipinski definition) is 4. The van der Waals surface area contributed by atoms with Crippen LogP contribution < -0.4 is 14.8 Å². The predicted octanol–water partition coefficient (Wildman–Crippen LogP) is 4.73. The smallest absolute Gasteiger partial charge is 0.258 e. The van der Waals surface area contributed by atoms with Gasteiger partial charge in [-0.2, -0.15) is 0 Å².